The molecule has 4 nitrogen and oxygen atoms in total. The van der Waals surface area contributed by atoms with E-state index in [0.717, 1.165) is 31.6 Å². The Morgan fingerprint density at radius 1 is 1.43 bits per heavy atom. The smallest absolute Gasteiger partial charge is 0.191 e. The van der Waals surface area contributed by atoms with Crippen molar-refractivity contribution >= 4 is 17.6 Å². The molecule has 23 heavy (non-hydrogen) atoms. The molecule has 6 heteroatoms. The lowest BCUT2D eigenvalue weighted by molar-refractivity contribution is 0.278. The first-order chi connectivity index (χ1) is 11.0. The SMILES string of the molecule is CCN(CC)C(N)=NCC1CCN(C)C1c1ccc(Cl)c(F)c1. The van der Waals surface area contributed by atoms with Crippen LogP contribution >= 0.6 is 11.6 Å². The maximum Gasteiger partial charge on any atom is 0.191 e. The number of nitrogens with two attached hydrogens (primary N) is 1. The Balaban J connectivity index is 2.15. The standard InChI is InChI=1S/C17H26ClFN4/c1-4-23(5-2)17(20)21-11-13-8-9-22(3)16(13)12-6-7-14(18)15(19)10-12/h6-7,10,13,16H,4-5,8-9,11H2,1-3H3,(H2,20,21). The van der Waals surface area contributed by atoms with Crippen LogP contribution in [0.15, 0.2) is 23.2 Å². The molecule has 2 rings (SSSR count). The topological polar surface area (TPSA) is 44.9 Å². The number of hydrogen-bond acceptors (Lipinski definition) is 2. The molecule has 0 aliphatic carbocycles. The number of hydrogen-bond donors (Lipinski definition) is 1. The van der Waals surface area contributed by atoms with Gasteiger partial charge in [0.1, 0.15) is 5.82 Å². The summed E-state index contributed by atoms with van der Waals surface area (Å²) >= 11 is 5.80. The molecule has 1 aliphatic heterocycles. The van der Waals surface area contributed by atoms with Gasteiger partial charge in [-0.25, -0.2) is 4.39 Å². The molecule has 128 valence electrons. The summed E-state index contributed by atoms with van der Waals surface area (Å²) in [6, 6.07) is 5.22. The lowest BCUT2D eigenvalue weighted by atomic mass is 9.94. The van der Waals surface area contributed by atoms with Gasteiger partial charge in [0.05, 0.1) is 5.02 Å². The van der Waals surface area contributed by atoms with Crippen LogP contribution in [0.3, 0.4) is 0 Å². The molecule has 0 amide bonds. The largest absolute Gasteiger partial charge is 0.370 e. The molecule has 1 fully saturated rings. The summed E-state index contributed by atoms with van der Waals surface area (Å²) in [7, 11) is 2.06. The zero-order valence-electron chi connectivity index (χ0n) is 14.1. The number of halogens is 2. The van der Waals surface area contributed by atoms with Crippen LogP contribution in [0.5, 0.6) is 0 Å². The van der Waals surface area contributed by atoms with Gasteiger partial charge in [-0.15, -0.1) is 0 Å². The van der Waals surface area contributed by atoms with E-state index in [4.69, 9.17) is 17.3 Å². The molecule has 0 saturated carbocycles. The summed E-state index contributed by atoms with van der Waals surface area (Å²) in [6.45, 7) is 7.45. The van der Waals surface area contributed by atoms with Gasteiger partial charge in [0, 0.05) is 25.7 Å². The van der Waals surface area contributed by atoms with Crippen molar-refractivity contribution in [2.24, 2.45) is 16.6 Å². The fourth-order valence-corrected chi connectivity index (χ4v) is 3.42. The van der Waals surface area contributed by atoms with Crippen molar-refractivity contribution < 1.29 is 4.39 Å². The van der Waals surface area contributed by atoms with Gasteiger partial charge in [0.2, 0.25) is 0 Å². The number of nitrogens with zero attached hydrogens (tertiary/aromatic N) is 3. The highest BCUT2D eigenvalue weighted by atomic mass is 35.5. The van der Waals surface area contributed by atoms with Gasteiger partial charge < -0.3 is 10.6 Å². The Morgan fingerprint density at radius 2 is 2.13 bits per heavy atom. The summed E-state index contributed by atoms with van der Waals surface area (Å²) in [5, 5.41) is 0.162. The Labute approximate surface area is 143 Å². The third kappa shape index (κ3) is 4.15. The van der Waals surface area contributed by atoms with E-state index in [2.05, 4.69) is 30.8 Å². The highest BCUT2D eigenvalue weighted by Gasteiger charge is 2.33. The van der Waals surface area contributed by atoms with E-state index in [9.17, 15) is 4.39 Å². The Hall–Kier alpha value is -1.33. The van der Waals surface area contributed by atoms with Crippen molar-refractivity contribution in [2.45, 2.75) is 26.3 Å². The Morgan fingerprint density at radius 3 is 2.74 bits per heavy atom. The summed E-state index contributed by atoms with van der Waals surface area (Å²) < 4.78 is 13.8. The van der Waals surface area contributed by atoms with Crippen molar-refractivity contribution in [3.05, 3.63) is 34.6 Å². The molecule has 1 saturated heterocycles. The molecule has 1 aliphatic rings. The van der Waals surface area contributed by atoms with Crippen molar-refractivity contribution in [1.29, 1.82) is 0 Å². The minimum Gasteiger partial charge on any atom is -0.370 e. The monoisotopic (exact) mass is 340 g/mol. The molecule has 2 N–H and O–H groups in total. The lowest BCUT2D eigenvalue weighted by Gasteiger charge is -2.25. The number of benzene rings is 1. The lowest BCUT2D eigenvalue weighted by Crippen LogP contribution is -2.37. The summed E-state index contributed by atoms with van der Waals surface area (Å²) in [4.78, 5) is 8.86. The molecular weight excluding hydrogens is 315 g/mol. The van der Waals surface area contributed by atoms with Crippen molar-refractivity contribution in [3.8, 4) is 0 Å². The van der Waals surface area contributed by atoms with E-state index < -0.39 is 0 Å². The number of aliphatic imine (C=N–C) groups is 1. The molecule has 1 aromatic rings. The van der Waals surface area contributed by atoms with E-state index in [-0.39, 0.29) is 16.9 Å². The maximum absolute atomic E-state index is 13.8. The van der Waals surface area contributed by atoms with E-state index in [1.165, 1.54) is 0 Å². The number of rotatable bonds is 5. The first kappa shape index (κ1) is 18.0. The summed E-state index contributed by atoms with van der Waals surface area (Å²) in [5.74, 6) is 0.551. The first-order valence-electron chi connectivity index (χ1n) is 8.17. The zero-order valence-corrected chi connectivity index (χ0v) is 14.9. The van der Waals surface area contributed by atoms with Gasteiger partial charge in [-0.2, -0.15) is 0 Å². The van der Waals surface area contributed by atoms with Crippen LogP contribution in [-0.2, 0) is 0 Å². The molecular formula is C17H26ClFN4. The Kier molecular flexibility index (Phi) is 6.25. The molecule has 0 spiro atoms. The van der Waals surface area contributed by atoms with Gasteiger partial charge in [-0.3, -0.25) is 9.89 Å². The van der Waals surface area contributed by atoms with Crippen LogP contribution in [0.25, 0.3) is 0 Å². The third-order valence-corrected chi connectivity index (χ3v) is 4.94. The summed E-state index contributed by atoms with van der Waals surface area (Å²) in [5.41, 5.74) is 7.02. The molecule has 2 unspecified atom stereocenters. The zero-order chi connectivity index (χ0) is 17.0. The molecule has 1 aromatic carbocycles. The minimum atomic E-state index is -0.366. The van der Waals surface area contributed by atoms with Crippen molar-refractivity contribution in [3.63, 3.8) is 0 Å². The molecule has 0 radical (unpaired) electrons. The summed E-state index contributed by atoms with van der Waals surface area (Å²) in [6.07, 6.45) is 1.03. The molecule has 1 heterocycles. The quantitative estimate of drug-likeness (QED) is 0.661. The molecule has 2 atom stereocenters. The second-order valence-electron chi connectivity index (χ2n) is 6.02. The number of guanidine groups is 1. The van der Waals surface area contributed by atoms with Crippen LogP contribution in [0, 0.1) is 11.7 Å². The number of likely N-dealkylation sites (tertiary alicyclic amines) is 1. The van der Waals surface area contributed by atoms with Crippen LogP contribution in [-0.4, -0.2) is 49.0 Å². The van der Waals surface area contributed by atoms with Gasteiger partial charge in [0.15, 0.2) is 5.96 Å². The normalized spacial score (nSPS) is 22.6. The maximum atomic E-state index is 13.8. The van der Waals surface area contributed by atoms with Gasteiger partial charge in [-0.05, 0) is 57.5 Å². The Bertz CT molecular complexity index is 560. The highest BCUT2D eigenvalue weighted by molar-refractivity contribution is 6.30. The highest BCUT2D eigenvalue weighted by Crippen LogP contribution is 2.37. The van der Waals surface area contributed by atoms with Crippen molar-refractivity contribution in [2.75, 3.05) is 33.2 Å². The molecule has 0 aromatic heterocycles. The van der Waals surface area contributed by atoms with Crippen molar-refractivity contribution in [1.82, 2.24) is 9.80 Å². The third-order valence-electron chi connectivity index (χ3n) is 4.63. The van der Waals surface area contributed by atoms with Crippen LogP contribution in [0.4, 0.5) is 4.39 Å². The fourth-order valence-electron chi connectivity index (χ4n) is 3.30. The van der Waals surface area contributed by atoms with Gasteiger partial charge in [-0.1, -0.05) is 17.7 Å². The average Bonchev–Trinajstić information content (AvgIpc) is 2.90. The van der Waals surface area contributed by atoms with Crippen LogP contribution in [0.2, 0.25) is 5.02 Å². The van der Waals surface area contributed by atoms with E-state index >= 15 is 0 Å². The predicted octanol–water partition coefficient (Wildman–Crippen LogP) is 3.13. The van der Waals surface area contributed by atoms with E-state index in [1.54, 1.807) is 12.1 Å². The fraction of sp³-hybridized carbons (Fsp3) is 0.588. The minimum absolute atomic E-state index is 0.148. The first-order valence-corrected chi connectivity index (χ1v) is 8.55. The van der Waals surface area contributed by atoms with Crippen LogP contribution < -0.4 is 5.73 Å². The predicted molar refractivity (Wildman–Crippen MR) is 94.3 cm³/mol. The second kappa shape index (κ2) is 7.97. The van der Waals surface area contributed by atoms with E-state index in [0.29, 0.717) is 18.4 Å². The molecule has 0 bridgehead atoms. The van der Waals surface area contributed by atoms with Gasteiger partial charge >= 0.3 is 0 Å². The average molecular weight is 341 g/mol. The van der Waals surface area contributed by atoms with E-state index in [1.807, 2.05) is 11.0 Å². The van der Waals surface area contributed by atoms with Crippen LogP contribution in [0.1, 0.15) is 31.9 Å². The van der Waals surface area contributed by atoms with Gasteiger partial charge in [0.25, 0.3) is 0 Å². The second-order valence-corrected chi connectivity index (χ2v) is 6.43.